The first-order chi connectivity index (χ1) is 12.9. The first kappa shape index (κ1) is 19.6. The Morgan fingerprint density at radius 1 is 1.15 bits per heavy atom. The molecule has 0 radical (unpaired) electrons. The number of nitrogens with zero attached hydrogens (tertiary/aromatic N) is 3. The van der Waals surface area contributed by atoms with Crippen molar-refractivity contribution in [3.63, 3.8) is 0 Å². The molecule has 1 aliphatic heterocycles. The van der Waals surface area contributed by atoms with Crippen LogP contribution in [-0.2, 0) is 22.0 Å². The molecule has 1 N–H and O–H groups in total. The van der Waals surface area contributed by atoms with Gasteiger partial charge in [0, 0.05) is 38.6 Å². The fourth-order valence-electron chi connectivity index (χ4n) is 2.93. The summed E-state index contributed by atoms with van der Waals surface area (Å²) in [5.74, 6) is 1.69. The van der Waals surface area contributed by atoms with Crippen LogP contribution in [0.4, 0.5) is 0 Å². The third-order valence-corrected chi connectivity index (χ3v) is 5.98. The average Bonchev–Trinajstić information content (AvgIpc) is 3.12. The second-order valence-corrected chi connectivity index (χ2v) is 7.81. The minimum absolute atomic E-state index is 0.310. The molecule has 1 fully saturated rings. The Kier molecular flexibility index (Phi) is 6.00. The minimum atomic E-state index is -3.74. The molecular formula is C17H24N4O5S. The zero-order valence-electron chi connectivity index (χ0n) is 15.6. The maximum atomic E-state index is 12.9. The number of morpholine rings is 1. The van der Waals surface area contributed by atoms with Crippen molar-refractivity contribution in [3.8, 4) is 11.5 Å². The van der Waals surface area contributed by atoms with E-state index >= 15 is 0 Å². The van der Waals surface area contributed by atoms with E-state index in [0.29, 0.717) is 49.2 Å². The predicted octanol–water partition coefficient (Wildman–Crippen LogP) is 0.693. The Morgan fingerprint density at radius 3 is 2.30 bits per heavy atom. The number of benzene rings is 1. The van der Waals surface area contributed by atoms with Crippen molar-refractivity contribution in [2.75, 3.05) is 40.5 Å². The quantitative estimate of drug-likeness (QED) is 0.740. The van der Waals surface area contributed by atoms with Crippen molar-refractivity contribution < 1.29 is 22.6 Å². The van der Waals surface area contributed by atoms with Crippen LogP contribution in [0.5, 0.6) is 11.5 Å². The highest BCUT2D eigenvalue weighted by Crippen LogP contribution is 2.30. The van der Waals surface area contributed by atoms with Gasteiger partial charge in [-0.2, -0.15) is 17.4 Å². The fraction of sp³-hybridized carbons (Fsp3) is 0.471. The van der Waals surface area contributed by atoms with E-state index in [-0.39, 0.29) is 0 Å². The van der Waals surface area contributed by atoms with Crippen LogP contribution in [0, 0.1) is 0 Å². The van der Waals surface area contributed by atoms with E-state index in [2.05, 4.69) is 9.71 Å². The average molecular weight is 396 g/mol. The lowest BCUT2D eigenvalue weighted by Crippen LogP contribution is -2.48. The van der Waals surface area contributed by atoms with Crippen LogP contribution in [0.15, 0.2) is 30.6 Å². The standard InChI is InChI=1S/C17H24N4O5S/c1-20-5-4-18-17(20)16(13-10-14(24-2)12-15(11-13)25-3)19-27(22,23)21-6-8-26-9-7-21/h4-5,10-12,16,19H,6-9H2,1-3H3/t16-/m0/s1. The fourth-order valence-corrected chi connectivity index (χ4v) is 4.25. The molecule has 0 saturated carbocycles. The highest BCUT2D eigenvalue weighted by atomic mass is 32.2. The lowest BCUT2D eigenvalue weighted by molar-refractivity contribution is 0.0723. The number of hydrogen-bond acceptors (Lipinski definition) is 6. The van der Waals surface area contributed by atoms with Gasteiger partial charge in [-0.25, -0.2) is 4.98 Å². The van der Waals surface area contributed by atoms with Gasteiger partial charge in [-0.15, -0.1) is 0 Å². The summed E-state index contributed by atoms with van der Waals surface area (Å²) in [6.07, 6.45) is 3.39. The number of aromatic nitrogens is 2. The van der Waals surface area contributed by atoms with Gasteiger partial charge in [-0.1, -0.05) is 0 Å². The van der Waals surface area contributed by atoms with Gasteiger partial charge in [-0.05, 0) is 17.7 Å². The normalized spacial score (nSPS) is 16.9. The summed E-state index contributed by atoms with van der Waals surface area (Å²) >= 11 is 0. The van der Waals surface area contributed by atoms with Gasteiger partial charge in [0.25, 0.3) is 10.2 Å². The van der Waals surface area contributed by atoms with Gasteiger partial charge in [0.05, 0.1) is 27.4 Å². The monoisotopic (exact) mass is 396 g/mol. The van der Waals surface area contributed by atoms with E-state index < -0.39 is 16.3 Å². The number of ether oxygens (including phenoxy) is 3. The molecule has 0 unspecified atom stereocenters. The molecule has 0 bridgehead atoms. The number of methoxy groups -OCH3 is 2. The molecule has 2 aromatic rings. The topological polar surface area (TPSA) is 94.9 Å². The molecule has 148 valence electrons. The number of nitrogens with one attached hydrogen (secondary N) is 1. The summed E-state index contributed by atoms with van der Waals surface area (Å²) in [5.41, 5.74) is 0.664. The second-order valence-electron chi connectivity index (χ2n) is 6.11. The van der Waals surface area contributed by atoms with E-state index in [0.717, 1.165) is 0 Å². The van der Waals surface area contributed by atoms with Crippen molar-refractivity contribution in [3.05, 3.63) is 42.0 Å². The maximum absolute atomic E-state index is 12.9. The largest absolute Gasteiger partial charge is 0.497 e. The van der Waals surface area contributed by atoms with Crippen molar-refractivity contribution in [1.29, 1.82) is 0 Å². The molecule has 3 rings (SSSR count). The van der Waals surface area contributed by atoms with E-state index in [9.17, 15) is 8.42 Å². The highest BCUT2D eigenvalue weighted by molar-refractivity contribution is 7.87. The first-order valence-electron chi connectivity index (χ1n) is 8.50. The summed E-state index contributed by atoms with van der Waals surface area (Å²) in [5, 5.41) is 0. The van der Waals surface area contributed by atoms with Crippen molar-refractivity contribution >= 4 is 10.2 Å². The summed E-state index contributed by atoms with van der Waals surface area (Å²) in [6, 6.07) is 4.56. The molecule has 0 aliphatic carbocycles. The SMILES string of the molecule is COc1cc(OC)cc([C@H](NS(=O)(=O)N2CCOCC2)c2nccn2C)c1. The molecule has 1 aromatic heterocycles. The lowest BCUT2D eigenvalue weighted by atomic mass is 10.1. The smallest absolute Gasteiger partial charge is 0.280 e. The third-order valence-electron chi connectivity index (χ3n) is 4.40. The summed E-state index contributed by atoms with van der Waals surface area (Å²) < 4.78 is 47.7. The van der Waals surface area contributed by atoms with E-state index in [1.165, 1.54) is 4.31 Å². The van der Waals surface area contributed by atoms with E-state index in [4.69, 9.17) is 14.2 Å². The van der Waals surface area contributed by atoms with Gasteiger partial charge >= 0.3 is 0 Å². The van der Waals surface area contributed by atoms with Crippen LogP contribution in [0.25, 0.3) is 0 Å². The van der Waals surface area contributed by atoms with Crippen molar-refractivity contribution in [1.82, 2.24) is 18.6 Å². The summed E-state index contributed by atoms with van der Waals surface area (Å²) in [6.45, 7) is 1.37. The molecule has 2 heterocycles. The molecule has 1 saturated heterocycles. The Balaban J connectivity index is 2.01. The third kappa shape index (κ3) is 4.41. The lowest BCUT2D eigenvalue weighted by Gasteiger charge is -2.29. The van der Waals surface area contributed by atoms with Gasteiger partial charge in [0.2, 0.25) is 0 Å². The Hall–Kier alpha value is -2.14. The first-order valence-corrected chi connectivity index (χ1v) is 9.94. The van der Waals surface area contributed by atoms with Gasteiger partial charge in [-0.3, -0.25) is 0 Å². The minimum Gasteiger partial charge on any atom is -0.497 e. The van der Waals surface area contributed by atoms with Crippen LogP contribution in [0.2, 0.25) is 0 Å². The molecule has 9 nitrogen and oxygen atoms in total. The van der Waals surface area contributed by atoms with Gasteiger partial charge in [0.15, 0.2) is 0 Å². The number of imidazole rings is 1. The Morgan fingerprint density at radius 2 is 1.78 bits per heavy atom. The zero-order valence-corrected chi connectivity index (χ0v) is 16.4. The molecule has 1 atom stereocenters. The Bertz CT molecular complexity index is 855. The van der Waals surface area contributed by atoms with Gasteiger partial charge < -0.3 is 18.8 Å². The maximum Gasteiger partial charge on any atom is 0.280 e. The van der Waals surface area contributed by atoms with E-state index in [1.807, 2.05) is 7.05 Å². The second kappa shape index (κ2) is 8.26. The molecule has 1 aromatic carbocycles. The molecule has 10 heteroatoms. The Labute approximate surface area is 159 Å². The van der Waals surface area contributed by atoms with Crippen molar-refractivity contribution in [2.45, 2.75) is 6.04 Å². The summed E-state index contributed by atoms with van der Waals surface area (Å²) in [7, 11) is 1.17. The molecule has 0 amide bonds. The zero-order chi connectivity index (χ0) is 19.4. The van der Waals surface area contributed by atoms with Crippen LogP contribution < -0.4 is 14.2 Å². The molecule has 1 aliphatic rings. The van der Waals surface area contributed by atoms with Crippen LogP contribution in [0.3, 0.4) is 0 Å². The molecular weight excluding hydrogens is 372 g/mol. The number of rotatable bonds is 7. The van der Waals surface area contributed by atoms with Crippen LogP contribution in [-0.4, -0.2) is 62.8 Å². The summed E-state index contributed by atoms with van der Waals surface area (Å²) in [4.78, 5) is 4.34. The van der Waals surface area contributed by atoms with Crippen LogP contribution >= 0.6 is 0 Å². The highest BCUT2D eigenvalue weighted by Gasteiger charge is 2.30. The number of aryl methyl sites for hydroxylation is 1. The van der Waals surface area contributed by atoms with E-state index in [1.54, 1.807) is 49.4 Å². The van der Waals surface area contributed by atoms with Crippen molar-refractivity contribution in [2.24, 2.45) is 7.05 Å². The molecule has 27 heavy (non-hydrogen) atoms. The predicted molar refractivity (Wildman–Crippen MR) is 99.0 cm³/mol. The van der Waals surface area contributed by atoms with Gasteiger partial charge in [0.1, 0.15) is 23.4 Å². The van der Waals surface area contributed by atoms with Crippen LogP contribution in [0.1, 0.15) is 17.4 Å². The molecule has 0 spiro atoms. The number of hydrogen-bond donors (Lipinski definition) is 1.